The van der Waals surface area contributed by atoms with E-state index in [2.05, 4.69) is 15.6 Å². The number of pyridine rings is 1. The molecule has 20 heavy (non-hydrogen) atoms. The highest BCUT2D eigenvalue weighted by Gasteiger charge is 2.01. The largest absolute Gasteiger partial charge is 0.385 e. The van der Waals surface area contributed by atoms with Crippen LogP contribution in [0, 0.1) is 0 Å². The predicted molar refractivity (Wildman–Crippen MR) is 80.6 cm³/mol. The van der Waals surface area contributed by atoms with E-state index in [-0.39, 0.29) is 5.91 Å². The van der Waals surface area contributed by atoms with Crippen molar-refractivity contribution in [2.24, 2.45) is 0 Å². The number of halogens is 1. The Kier molecular flexibility index (Phi) is 5.38. The minimum absolute atomic E-state index is 0.0169. The summed E-state index contributed by atoms with van der Waals surface area (Å²) < 4.78 is 0. The molecule has 0 unspecified atom stereocenters. The first-order chi connectivity index (χ1) is 9.74. The van der Waals surface area contributed by atoms with Crippen molar-refractivity contribution >= 4 is 23.2 Å². The number of nitrogens with zero attached hydrogens (tertiary/aromatic N) is 1. The van der Waals surface area contributed by atoms with Crippen molar-refractivity contribution in [1.82, 2.24) is 10.3 Å². The molecule has 2 aromatic rings. The van der Waals surface area contributed by atoms with Crippen molar-refractivity contribution in [3.63, 3.8) is 0 Å². The number of hydrogen-bond donors (Lipinski definition) is 2. The van der Waals surface area contributed by atoms with Crippen LogP contribution in [0.3, 0.4) is 0 Å². The summed E-state index contributed by atoms with van der Waals surface area (Å²) in [5.41, 5.74) is 2.00. The summed E-state index contributed by atoms with van der Waals surface area (Å²) in [5, 5.41) is 6.74. The second-order valence-electron chi connectivity index (χ2n) is 4.32. The molecule has 4 nitrogen and oxygen atoms in total. The molecule has 5 heteroatoms. The van der Waals surface area contributed by atoms with Gasteiger partial charge < -0.3 is 10.6 Å². The molecule has 0 spiro atoms. The van der Waals surface area contributed by atoms with E-state index in [1.807, 2.05) is 36.4 Å². The zero-order valence-corrected chi connectivity index (χ0v) is 11.7. The molecule has 0 radical (unpaired) electrons. The van der Waals surface area contributed by atoms with E-state index in [1.54, 1.807) is 12.4 Å². The van der Waals surface area contributed by atoms with Gasteiger partial charge in [-0.3, -0.25) is 9.78 Å². The molecule has 0 aliphatic heterocycles. The minimum atomic E-state index is 0.0169. The van der Waals surface area contributed by atoms with Crippen LogP contribution < -0.4 is 10.6 Å². The Morgan fingerprint density at radius 1 is 1.10 bits per heavy atom. The van der Waals surface area contributed by atoms with E-state index in [0.29, 0.717) is 24.5 Å². The third-order valence-corrected chi connectivity index (χ3v) is 3.02. The highest BCUT2D eigenvalue weighted by molar-refractivity contribution is 6.30. The Morgan fingerprint density at radius 2 is 1.80 bits per heavy atom. The number of aromatic nitrogens is 1. The van der Waals surface area contributed by atoms with Gasteiger partial charge >= 0.3 is 0 Å². The Bertz CT molecular complexity index is 543. The maximum atomic E-state index is 11.7. The van der Waals surface area contributed by atoms with Crippen molar-refractivity contribution < 1.29 is 4.79 Å². The fraction of sp³-hybridized carbons (Fsp3) is 0.200. The van der Waals surface area contributed by atoms with Gasteiger partial charge in [-0.25, -0.2) is 0 Å². The summed E-state index contributed by atoms with van der Waals surface area (Å²) >= 11 is 5.80. The van der Waals surface area contributed by atoms with Gasteiger partial charge in [0.1, 0.15) is 0 Å². The first-order valence-corrected chi connectivity index (χ1v) is 6.77. The van der Waals surface area contributed by atoms with Crippen LogP contribution in [0.25, 0.3) is 0 Å². The molecule has 0 saturated heterocycles. The quantitative estimate of drug-likeness (QED) is 0.860. The summed E-state index contributed by atoms with van der Waals surface area (Å²) in [4.78, 5) is 15.6. The Labute approximate surface area is 123 Å². The van der Waals surface area contributed by atoms with Crippen molar-refractivity contribution in [2.45, 2.75) is 13.0 Å². The van der Waals surface area contributed by atoms with Gasteiger partial charge in [-0.05, 0) is 42.0 Å². The molecule has 0 aliphatic rings. The molecule has 1 aromatic heterocycles. The molecule has 0 fully saturated rings. The fourth-order valence-corrected chi connectivity index (χ4v) is 1.80. The first-order valence-electron chi connectivity index (χ1n) is 6.39. The number of amides is 1. The molecule has 1 heterocycles. The van der Waals surface area contributed by atoms with E-state index >= 15 is 0 Å². The maximum absolute atomic E-state index is 11.7. The monoisotopic (exact) mass is 289 g/mol. The van der Waals surface area contributed by atoms with Gasteiger partial charge in [0.25, 0.3) is 0 Å². The maximum Gasteiger partial charge on any atom is 0.222 e. The fourth-order valence-electron chi connectivity index (χ4n) is 1.68. The Balaban J connectivity index is 1.66. The molecule has 2 N–H and O–H groups in total. The van der Waals surface area contributed by atoms with Crippen LogP contribution in [0.15, 0.2) is 48.8 Å². The smallest absolute Gasteiger partial charge is 0.222 e. The van der Waals surface area contributed by atoms with Crippen LogP contribution in [0.5, 0.6) is 0 Å². The van der Waals surface area contributed by atoms with Crippen LogP contribution in [0.2, 0.25) is 5.02 Å². The van der Waals surface area contributed by atoms with E-state index in [9.17, 15) is 4.79 Å². The molecule has 2 rings (SSSR count). The Hall–Kier alpha value is -2.07. The van der Waals surface area contributed by atoms with Crippen molar-refractivity contribution in [3.05, 3.63) is 59.4 Å². The standard InChI is InChI=1S/C15H16ClN3O/c16-13-1-3-14(4-2-13)18-10-7-15(20)19-11-12-5-8-17-9-6-12/h1-6,8-9,18H,7,10-11H2,(H,19,20). The predicted octanol–water partition coefficient (Wildman–Crippen LogP) is 2.85. The Morgan fingerprint density at radius 3 is 2.50 bits per heavy atom. The SMILES string of the molecule is O=C(CCNc1ccc(Cl)cc1)NCc1ccncc1. The highest BCUT2D eigenvalue weighted by atomic mass is 35.5. The van der Waals surface area contributed by atoms with Crippen LogP contribution >= 0.6 is 11.6 Å². The number of rotatable bonds is 6. The van der Waals surface area contributed by atoms with E-state index in [1.165, 1.54) is 0 Å². The van der Waals surface area contributed by atoms with Gasteiger partial charge in [-0.15, -0.1) is 0 Å². The topological polar surface area (TPSA) is 54.0 Å². The normalized spacial score (nSPS) is 10.1. The van der Waals surface area contributed by atoms with Crippen molar-refractivity contribution in [1.29, 1.82) is 0 Å². The average Bonchev–Trinajstić information content (AvgIpc) is 2.48. The van der Waals surface area contributed by atoms with Gasteiger partial charge in [-0.1, -0.05) is 11.6 Å². The molecular weight excluding hydrogens is 274 g/mol. The lowest BCUT2D eigenvalue weighted by molar-refractivity contribution is -0.121. The lowest BCUT2D eigenvalue weighted by Gasteiger charge is -2.07. The summed E-state index contributed by atoms with van der Waals surface area (Å²) in [5.74, 6) is 0.0169. The summed E-state index contributed by atoms with van der Waals surface area (Å²) in [6, 6.07) is 11.2. The van der Waals surface area contributed by atoms with Gasteiger partial charge in [0.2, 0.25) is 5.91 Å². The molecule has 1 aromatic carbocycles. The number of anilines is 1. The molecule has 0 atom stereocenters. The van der Waals surface area contributed by atoms with E-state index in [0.717, 1.165) is 11.3 Å². The summed E-state index contributed by atoms with van der Waals surface area (Å²) in [7, 11) is 0. The molecule has 1 amide bonds. The zero-order valence-electron chi connectivity index (χ0n) is 11.0. The van der Waals surface area contributed by atoms with Gasteiger partial charge in [0.05, 0.1) is 0 Å². The average molecular weight is 290 g/mol. The molecule has 0 bridgehead atoms. The second-order valence-corrected chi connectivity index (χ2v) is 4.75. The third-order valence-electron chi connectivity index (χ3n) is 2.76. The highest BCUT2D eigenvalue weighted by Crippen LogP contribution is 2.13. The first kappa shape index (κ1) is 14.3. The molecule has 104 valence electrons. The number of hydrogen-bond acceptors (Lipinski definition) is 3. The van der Waals surface area contributed by atoms with Gasteiger partial charge in [0.15, 0.2) is 0 Å². The summed E-state index contributed by atoms with van der Waals surface area (Å²) in [6.45, 7) is 1.12. The second kappa shape index (κ2) is 7.50. The molecular formula is C15H16ClN3O. The van der Waals surface area contributed by atoms with E-state index < -0.39 is 0 Å². The van der Waals surface area contributed by atoms with Crippen LogP contribution in [0.4, 0.5) is 5.69 Å². The lowest BCUT2D eigenvalue weighted by Crippen LogP contribution is -2.24. The van der Waals surface area contributed by atoms with Gasteiger partial charge in [0, 0.05) is 42.6 Å². The zero-order chi connectivity index (χ0) is 14.2. The van der Waals surface area contributed by atoms with Crippen LogP contribution in [0.1, 0.15) is 12.0 Å². The third kappa shape index (κ3) is 4.90. The van der Waals surface area contributed by atoms with Crippen molar-refractivity contribution in [3.8, 4) is 0 Å². The lowest BCUT2D eigenvalue weighted by atomic mass is 10.2. The number of nitrogens with one attached hydrogen (secondary N) is 2. The van der Waals surface area contributed by atoms with E-state index in [4.69, 9.17) is 11.6 Å². The minimum Gasteiger partial charge on any atom is -0.385 e. The number of carbonyl (C=O) groups is 1. The number of benzene rings is 1. The molecule has 0 saturated carbocycles. The van der Waals surface area contributed by atoms with Crippen LogP contribution in [-0.4, -0.2) is 17.4 Å². The van der Waals surface area contributed by atoms with Crippen molar-refractivity contribution in [2.75, 3.05) is 11.9 Å². The number of carbonyl (C=O) groups excluding carboxylic acids is 1. The van der Waals surface area contributed by atoms with Gasteiger partial charge in [-0.2, -0.15) is 0 Å². The van der Waals surface area contributed by atoms with Crippen LogP contribution in [-0.2, 0) is 11.3 Å². The summed E-state index contributed by atoms with van der Waals surface area (Å²) in [6.07, 6.45) is 3.85. The molecule has 0 aliphatic carbocycles.